The lowest BCUT2D eigenvalue weighted by atomic mass is 11.1. The Bertz CT molecular complexity index is 20.0. The predicted octanol–water partition coefficient (Wildman–Crippen LogP) is 0.510. The van der Waals surface area contributed by atoms with E-state index < -0.39 is 0 Å². The minimum atomic E-state index is 1.59. The first-order valence-corrected chi connectivity index (χ1v) is 1.56. The lowest BCUT2D eigenvalue weighted by Crippen LogP contribution is -1.72. The summed E-state index contributed by atoms with van der Waals surface area (Å²) in [5.41, 5.74) is 0. The fourth-order valence-electron chi connectivity index (χ4n) is 0. The first-order valence-electron chi connectivity index (χ1n) is 0.986. The zero-order valence-corrected chi connectivity index (χ0v) is 3.52. The van der Waals surface area contributed by atoms with Crippen molar-refractivity contribution in [3.63, 3.8) is 0 Å². The quantitative estimate of drug-likeness (QED) is 0.448. The third-order valence-corrected chi connectivity index (χ3v) is 0.354. The maximum atomic E-state index is 3.35. The van der Waals surface area contributed by atoms with Crippen LogP contribution < -0.4 is 5.09 Å². The molecule has 0 aliphatic heterocycles. The van der Waals surface area contributed by atoms with Crippen molar-refractivity contribution in [2.24, 2.45) is 0 Å². The highest BCUT2D eigenvalue weighted by Crippen LogP contribution is 1.59. The summed E-state index contributed by atoms with van der Waals surface area (Å²) in [5, 5.41) is 2.61. The number of nitrogens with one attached hydrogen (secondary N) is 1. The van der Waals surface area contributed by atoms with Crippen LogP contribution >= 0.6 is 9.39 Å². The van der Waals surface area contributed by atoms with Crippen molar-refractivity contribution in [2.75, 3.05) is 0 Å². The van der Waals surface area contributed by atoms with E-state index in [0.29, 0.717) is 0 Å². The van der Waals surface area contributed by atoms with Gasteiger partial charge in [-0.05, 0) is 15.6 Å². The molecule has 0 rings (SSSR count). The van der Waals surface area contributed by atoms with Crippen molar-refractivity contribution in [1.29, 1.82) is 0 Å². The first kappa shape index (κ1) is 3.97. The standard InChI is InChI=1S/C2H6NP/c1-2-3-4/h2-3H,1,4H2. The van der Waals surface area contributed by atoms with E-state index in [4.69, 9.17) is 0 Å². The van der Waals surface area contributed by atoms with E-state index in [1.165, 1.54) is 0 Å². The van der Waals surface area contributed by atoms with Gasteiger partial charge in [-0.1, -0.05) is 6.58 Å². The molecule has 0 saturated carbocycles. The molecule has 0 aliphatic rings. The Balaban J connectivity index is 2.30. The molecular weight excluding hydrogens is 69.0 g/mol. The molecule has 0 radical (unpaired) electrons. The number of hydrogen-bond donors (Lipinski definition) is 1. The van der Waals surface area contributed by atoms with E-state index >= 15 is 0 Å². The smallest absolute Gasteiger partial charge is 0.00800 e. The first-order chi connectivity index (χ1) is 1.91. The Morgan fingerprint density at radius 2 is 2.25 bits per heavy atom. The van der Waals surface area contributed by atoms with Crippen LogP contribution in [0.2, 0.25) is 0 Å². The molecule has 0 amide bonds. The van der Waals surface area contributed by atoms with E-state index in [9.17, 15) is 0 Å². The van der Waals surface area contributed by atoms with Gasteiger partial charge in [0.25, 0.3) is 0 Å². The van der Waals surface area contributed by atoms with Gasteiger partial charge in [-0.2, -0.15) is 0 Å². The molecule has 0 aromatic heterocycles. The van der Waals surface area contributed by atoms with Gasteiger partial charge in [-0.15, -0.1) is 0 Å². The molecule has 0 heterocycles. The molecule has 0 aromatic carbocycles. The molecule has 0 aliphatic carbocycles. The summed E-state index contributed by atoms with van der Waals surface area (Å²) in [5.74, 6) is 0. The summed E-state index contributed by atoms with van der Waals surface area (Å²) in [7, 11) is 2.29. The molecule has 0 saturated heterocycles. The van der Waals surface area contributed by atoms with Crippen LogP contribution in [0.25, 0.3) is 0 Å². The highest BCUT2D eigenvalue weighted by atomic mass is 31.0. The monoisotopic (exact) mass is 75.0 g/mol. The van der Waals surface area contributed by atoms with Crippen LogP contribution in [0.1, 0.15) is 0 Å². The second kappa shape index (κ2) is 2.97. The highest BCUT2D eigenvalue weighted by Gasteiger charge is 1.34. The van der Waals surface area contributed by atoms with Gasteiger partial charge < -0.3 is 5.09 Å². The molecular formula is C2H6NP. The van der Waals surface area contributed by atoms with E-state index in [1.54, 1.807) is 6.20 Å². The van der Waals surface area contributed by atoms with Crippen LogP contribution in [0, 0.1) is 0 Å². The van der Waals surface area contributed by atoms with Gasteiger partial charge in [-0.3, -0.25) is 0 Å². The van der Waals surface area contributed by atoms with Gasteiger partial charge in [-0.25, -0.2) is 0 Å². The van der Waals surface area contributed by atoms with Crippen molar-refractivity contribution in [3.05, 3.63) is 12.8 Å². The van der Waals surface area contributed by atoms with Crippen LogP contribution in [-0.2, 0) is 0 Å². The summed E-state index contributed by atoms with van der Waals surface area (Å²) in [6.07, 6.45) is 1.59. The van der Waals surface area contributed by atoms with Gasteiger partial charge in [0.1, 0.15) is 0 Å². The molecule has 24 valence electrons. The van der Waals surface area contributed by atoms with Crippen LogP contribution in [0.4, 0.5) is 0 Å². The van der Waals surface area contributed by atoms with Crippen molar-refractivity contribution in [1.82, 2.24) is 5.09 Å². The predicted molar refractivity (Wildman–Crippen MR) is 23.0 cm³/mol. The van der Waals surface area contributed by atoms with Crippen molar-refractivity contribution in [3.8, 4) is 0 Å². The SMILES string of the molecule is C=CNP. The van der Waals surface area contributed by atoms with Crippen molar-refractivity contribution >= 4 is 9.39 Å². The Labute approximate surface area is 28.4 Å². The zero-order chi connectivity index (χ0) is 3.41. The molecule has 0 fully saturated rings. The molecule has 0 spiro atoms. The van der Waals surface area contributed by atoms with E-state index in [0.717, 1.165) is 0 Å². The van der Waals surface area contributed by atoms with Crippen LogP contribution in [0.5, 0.6) is 0 Å². The summed E-state index contributed by atoms with van der Waals surface area (Å²) in [6.45, 7) is 3.35. The van der Waals surface area contributed by atoms with Crippen molar-refractivity contribution < 1.29 is 0 Å². The minimum Gasteiger partial charge on any atom is -0.376 e. The molecule has 1 unspecified atom stereocenters. The lowest BCUT2D eigenvalue weighted by molar-refractivity contribution is 1.44. The lowest BCUT2D eigenvalue weighted by Gasteiger charge is -1.70. The van der Waals surface area contributed by atoms with Crippen LogP contribution in [0.3, 0.4) is 0 Å². The Kier molecular flexibility index (Phi) is 2.95. The second-order valence-electron chi connectivity index (χ2n) is 0.371. The average Bonchev–Trinajstić information content (AvgIpc) is 1.37. The van der Waals surface area contributed by atoms with Gasteiger partial charge in [0, 0.05) is 0 Å². The molecule has 1 N–H and O–H groups in total. The van der Waals surface area contributed by atoms with E-state index in [-0.39, 0.29) is 0 Å². The molecule has 1 atom stereocenters. The van der Waals surface area contributed by atoms with Crippen LogP contribution in [-0.4, -0.2) is 0 Å². The molecule has 1 nitrogen and oxygen atoms in total. The summed E-state index contributed by atoms with van der Waals surface area (Å²) in [4.78, 5) is 0. The summed E-state index contributed by atoms with van der Waals surface area (Å²) >= 11 is 0. The Hall–Kier alpha value is -0.0300. The molecule has 0 aromatic rings. The van der Waals surface area contributed by atoms with Gasteiger partial charge in [0.05, 0.1) is 0 Å². The molecule has 4 heavy (non-hydrogen) atoms. The Morgan fingerprint density at radius 3 is 2.25 bits per heavy atom. The highest BCUT2D eigenvalue weighted by molar-refractivity contribution is 7.13. The topological polar surface area (TPSA) is 12.0 Å². The average molecular weight is 75.1 g/mol. The number of hydrogen-bond acceptors (Lipinski definition) is 1. The summed E-state index contributed by atoms with van der Waals surface area (Å²) in [6, 6.07) is 0. The fourth-order valence-corrected chi connectivity index (χ4v) is 0. The maximum Gasteiger partial charge on any atom is -0.00800 e. The van der Waals surface area contributed by atoms with Gasteiger partial charge in [0.15, 0.2) is 0 Å². The largest absolute Gasteiger partial charge is 0.376 e. The fraction of sp³-hybridized carbons (Fsp3) is 0. The second-order valence-corrected chi connectivity index (χ2v) is 0.704. The van der Waals surface area contributed by atoms with Crippen LogP contribution in [0.15, 0.2) is 12.8 Å². The molecule has 2 heteroatoms. The maximum absolute atomic E-state index is 3.35. The normalized spacial score (nSPS) is 5.25. The van der Waals surface area contributed by atoms with Crippen molar-refractivity contribution in [2.45, 2.75) is 0 Å². The van der Waals surface area contributed by atoms with Gasteiger partial charge >= 0.3 is 0 Å². The number of rotatable bonds is 1. The third kappa shape index (κ3) is 1.97. The zero-order valence-electron chi connectivity index (χ0n) is 2.36. The van der Waals surface area contributed by atoms with E-state index in [1.807, 2.05) is 0 Å². The van der Waals surface area contributed by atoms with Gasteiger partial charge in [0.2, 0.25) is 0 Å². The third-order valence-electron chi connectivity index (χ3n) is 0.118. The Morgan fingerprint density at radius 1 is 2.00 bits per heavy atom. The minimum absolute atomic E-state index is 1.59. The van der Waals surface area contributed by atoms with E-state index in [2.05, 4.69) is 21.1 Å². The summed E-state index contributed by atoms with van der Waals surface area (Å²) < 4.78 is 0. The molecule has 0 bridgehead atoms.